The average Bonchev–Trinajstić information content (AvgIpc) is 2.65. The molecule has 0 aliphatic carbocycles. The van der Waals surface area contributed by atoms with Crippen molar-refractivity contribution in [2.45, 2.75) is 26.4 Å². The molecule has 2 aromatic carbocycles. The maximum atomic E-state index is 12.1. The quantitative estimate of drug-likeness (QED) is 0.446. The topological polar surface area (TPSA) is 99.3 Å². The highest BCUT2D eigenvalue weighted by atomic mass is 127. The maximum absolute atomic E-state index is 12.1. The summed E-state index contributed by atoms with van der Waals surface area (Å²) in [4.78, 5) is 35.7. The first-order valence-electron chi connectivity index (χ1n) is 8.81. The summed E-state index contributed by atoms with van der Waals surface area (Å²) >= 11 is 2.08. The number of carbonyl (C=O) groups excluding carboxylic acids is 3. The zero-order valence-electron chi connectivity index (χ0n) is 15.7. The minimum absolute atomic E-state index is 0.0559. The lowest BCUT2D eigenvalue weighted by atomic mass is 10.2. The summed E-state index contributed by atoms with van der Waals surface area (Å²) in [6, 6.07) is 14.1. The number of carbonyl (C=O) groups is 3. The number of hydrogen-bond donors (Lipinski definition) is 4. The van der Waals surface area contributed by atoms with Crippen molar-refractivity contribution in [3.05, 3.63) is 63.2 Å². The Morgan fingerprint density at radius 1 is 0.964 bits per heavy atom. The highest BCUT2D eigenvalue weighted by Gasteiger charge is 2.10. The number of hydrogen-bond acceptors (Lipinski definition) is 3. The van der Waals surface area contributed by atoms with E-state index < -0.39 is 0 Å². The van der Waals surface area contributed by atoms with E-state index in [0.717, 1.165) is 9.13 Å². The Bertz CT molecular complexity index is 838. The fraction of sp³-hybridized carbons (Fsp3) is 0.250. The van der Waals surface area contributed by atoms with Crippen LogP contribution in [0.25, 0.3) is 0 Å². The van der Waals surface area contributed by atoms with Crippen LogP contribution in [0.1, 0.15) is 29.8 Å². The molecule has 0 aliphatic rings. The van der Waals surface area contributed by atoms with Gasteiger partial charge in [-0.1, -0.05) is 24.3 Å². The summed E-state index contributed by atoms with van der Waals surface area (Å²) in [5, 5.41) is 10.8. The molecular weight excluding hydrogens is 471 g/mol. The van der Waals surface area contributed by atoms with Gasteiger partial charge in [0.1, 0.15) is 0 Å². The summed E-state index contributed by atoms with van der Waals surface area (Å²) in [7, 11) is 0. The SMILES string of the molecule is CC(C)NC(=O)Nc1ccc(CNC(=O)CNC(=O)c2ccccc2I)cc1. The molecule has 0 radical (unpaired) electrons. The molecule has 0 bridgehead atoms. The van der Waals surface area contributed by atoms with E-state index in [0.29, 0.717) is 17.8 Å². The van der Waals surface area contributed by atoms with Crippen molar-refractivity contribution in [1.29, 1.82) is 0 Å². The maximum Gasteiger partial charge on any atom is 0.319 e. The molecule has 0 atom stereocenters. The third kappa shape index (κ3) is 7.18. The van der Waals surface area contributed by atoms with Crippen LogP contribution in [0.15, 0.2) is 48.5 Å². The number of amides is 4. The van der Waals surface area contributed by atoms with Crippen molar-refractivity contribution in [3.63, 3.8) is 0 Å². The third-order valence-electron chi connectivity index (χ3n) is 3.65. The zero-order chi connectivity index (χ0) is 20.5. The number of nitrogens with one attached hydrogen (secondary N) is 4. The van der Waals surface area contributed by atoms with Crippen LogP contribution in [0.3, 0.4) is 0 Å². The number of benzene rings is 2. The second kappa shape index (κ2) is 10.6. The molecule has 148 valence electrons. The third-order valence-corrected chi connectivity index (χ3v) is 4.59. The predicted octanol–water partition coefficient (Wildman–Crippen LogP) is 2.87. The van der Waals surface area contributed by atoms with E-state index in [1.165, 1.54) is 0 Å². The molecule has 0 saturated heterocycles. The van der Waals surface area contributed by atoms with Crippen molar-refractivity contribution in [2.24, 2.45) is 0 Å². The first-order chi connectivity index (χ1) is 13.3. The average molecular weight is 494 g/mol. The first kappa shape index (κ1) is 21.7. The summed E-state index contributed by atoms with van der Waals surface area (Å²) in [6.45, 7) is 4.00. The smallest absolute Gasteiger partial charge is 0.319 e. The predicted molar refractivity (Wildman–Crippen MR) is 117 cm³/mol. The van der Waals surface area contributed by atoms with Crippen LogP contribution < -0.4 is 21.3 Å². The molecule has 2 aromatic rings. The largest absolute Gasteiger partial charge is 0.350 e. The monoisotopic (exact) mass is 494 g/mol. The van der Waals surface area contributed by atoms with Gasteiger partial charge in [-0.15, -0.1) is 0 Å². The van der Waals surface area contributed by atoms with Crippen LogP contribution in [0, 0.1) is 3.57 Å². The van der Waals surface area contributed by atoms with Crippen molar-refractivity contribution in [3.8, 4) is 0 Å². The summed E-state index contributed by atoms with van der Waals surface area (Å²) in [5.41, 5.74) is 2.09. The number of urea groups is 1. The van der Waals surface area contributed by atoms with Crippen molar-refractivity contribution < 1.29 is 14.4 Å². The van der Waals surface area contributed by atoms with Gasteiger partial charge >= 0.3 is 6.03 Å². The summed E-state index contributed by atoms with van der Waals surface area (Å²) < 4.78 is 0.828. The Kier molecular flexibility index (Phi) is 8.24. The van der Waals surface area contributed by atoms with Crippen LogP contribution in [0.5, 0.6) is 0 Å². The standard InChI is InChI=1S/C20H23IN4O3/c1-13(2)24-20(28)25-15-9-7-14(8-10-15)11-22-18(26)12-23-19(27)16-5-3-4-6-17(16)21/h3-10,13H,11-12H2,1-2H3,(H,22,26)(H,23,27)(H2,24,25,28). The van der Waals surface area contributed by atoms with Gasteiger partial charge in [0.15, 0.2) is 0 Å². The second-order valence-electron chi connectivity index (χ2n) is 6.39. The molecular formula is C20H23IN4O3. The van der Waals surface area contributed by atoms with E-state index in [-0.39, 0.29) is 30.4 Å². The Labute approximate surface area is 177 Å². The molecule has 4 N–H and O–H groups in total. The Morgan fingerprint density at radius 2 is 1.64 bits per heavy atom. The molecule has 28 heavy (non-hydrogen) atoms. The van der Waals surface area contributed by atoms with Crippen LogP contribution in [0.2, 0.25) is 0 Å². The summed E-state index contributed by atoms with van der Waals surface area (Å²) in [6.07, 6.45) is 0. The number of rotatable bonds is 7. The molecule has 2 rings (SSSR count). The van der Waals surface area contributed by atoms with Gasteiger partial charge in [-0.3, -0.25) is 9.59 Å². The number of anilines is 1. The minimum atomic E-state index is -0.282. The van der Waals surface area contributed by atoms with Gasteiger partial charge in [-0.2, -0.15) is 0 Å². The fourth-order valence-corrected chi connectivity index (χ4v) is 2.93. The molecule has 7 nitrogen and oxygen atoms in total. The molecule has 0 heterocycles. The first-order valence-corrected chi connectivity index (χ1v) is 9.89. The van der Waals surface area contributed by atoms with Gasteiger partial charge in [0.25, 0.3) is 5.91 Å². The van der Waals surface area contributed by atoms with Crippen molar-refractivity contribution >= 4 is 46.1 Å². The molecule has 0 spiro atoms. The highest BCUT2D eigenvalue weighted by Crippen LogP contribution is 2.11. The van der Waals surface area contributed by atoms with Gasteiger partial charge < -0.3 is 21.3 Å². The molecule has 0 aliphatic heterocycles. The van der Waals surface area contributed by atoms with Gasteiger partial charge in [0.2, 0.25) is 5.91 Å². The molecule has 0 fully saturated rings. The van der Waals surface area contributed by atoms with Crippen LogP contribution in [-0.2, 0) is 11.3 Å². The van der Waals surface area contributed by atoms with E-state index >= 15 is 0 Å². The van der Waals surface area contributed by atoms with Gasteiger partial charge in [0.05, 0.1) is 12.1 Å². The lowest BCUT2D eigenvalue weighted by Gasteiger charge is -2.11. The molecule has 0 saturated carbocycles. The Morgan fingerprint density at radius 3 is 2.29 bits per heavy atom. The fourth-order valence-electron chi connectivity index (χ4n) is 2.30. The van der Waals surface area contributed by atoms with E-state index in [4.69, 9.17) is 0 Å². The Hall–Kier alpha value is -2.62. The minimum Gasteiger partial charge on any atom is -0.350 e. The molecule has 8 heteroatoms. The molecule has 0 aromatic heterocycles. The van der Waals surface area contributed by atoms with Crippen LogP contribution in [-0.4, -0.2) is 30.4 Å². The van der Waals surface area contributed by atoms with Gasteiger partial charge in [0, 0.05) is 21.8 Å². The zero-order valence-corrected chi connectivity index (χ0v) is 17.9. The lowest BCUT2D eigenvalue weighted by molar-refractivity contribution is -0.120. The van der Waals surface area contributed by atoms with Crippen molar-refractivity contribution in [1.82, 2.24) is 16.0 Å². The van der Waals surface area contributed by atoms with E-state index in [9.17, 15) is 14.4 Å². The van der Waals surface area contributed by atoms with E-state index in [1.54, 1.807) is 24.3 Å². The lowest BCUT2D eigenvalue weighted by Crippen LogP contribution is -2.36. The Balaban J connectivity index is 1.76. The molecule has 0 unspecified atom stereocenters. The van der Waals surface area contributed by atoms with Crippen LogP contribution >= 0.6 is 22.6 Å². The van der Waals surface area contributed by atoms with E-state index in [1.807, 2.05) is 38.1 Å². The van der Waals surface area contributed by atoms with Gasteiger partial charge in [-0.05, 0) is 66.3 Å². The molecule has 4 amide bonds. The highest BCUT2D eigenvalue weighted by molar-refractivity contribution is 14.1. The summed E-state index contributed by atoms with van der Waals surface area (Å²) in [5.74, 6) is -0.562. The second-order valence-corrected chi connectivity index (χ2v) is 7.55. The van der Waals surface area contributed by atoms with Crippen LogP contribution in [0.4, 0.5) is 10.5 Å². The van der Waals surface area contributed by atoms with Crippen molar-refractivity contribution in [2.75, 3.05) is 11.9 Å². The normalized spacial score (nSPS) is 10.3. The van der Waals surface area contributed by atoms with Gasteiger partial charge in [-0.25, -0.2) is 4.79 Å². The van der Waals surface area contributed by atoms with E-state index in [2.05, 4.69) is 43.9 Å². The number of halogens is 1.